The normalized spacial score (nSPS) is 10.9. The second-order valence-corrected chi connectivity index (χ2v) is 8.53. The number of ether oxygens (including phenoxy) is 1. The van der Waals surface area contributed by atoms with Crippen molar-refractivity contribution in [3.8, 4) is 10.6 Å². The van der Waals surface area contributed by atoms with Gasteiger partial charge in [0.1, 0.15) is 13.6 Å². The van der Waals surface area contributed by atoms with Gasteiger partial charge in [-0.2, -0.15) is 0 Å². The SMILES string of the molecule is COC(=O)c1sc(-c2ccc(Cl)c(Cl)c2)nc1C(Br)Br. The molecule has 1 heterocycles. The minimum absolute atomic E-state index is 0.239. The Labute approximate surface area is 146 Å². The van der Waals surface area contributed by atoms with Gasteiger partial charge < -0.3 is 4.74 Å². The number of halogens is 4. The van der Waals surface area contributed by atoms with Gasteiger partial charge in [-0.3, -0.25) is 0 Å². The third kappa shape index (κ3) is 3.36. The smallest absolute Gasteiger partial charge is 0.350 e. The summed E-state index contributed by atoms with van der Waals surface area (Å²) < 4.78 is 4.52. The maximum atomic E-state index is 11.8. The Bertz CT molecular complexity index is 661. The second kappa shape index (κ2) is 6.75. The van der Waals surface area contributed by atoms with Gasteiger partial charge >= 0.3 is 5.97 Å². The lowest BCUT2D eigenvalue weighted by Gasteiger charge is -2.00. The molecule has 106 valence electrons. The highest BCUT2D eigenvalue weighted by molar-refractivity contribution is 9.24. The van der Waals surface area contributed by atoms with Gasteiger partial charge in [-0.15, -0.1) is 11.3 Å². The first-order valence-corrected chi connectivity index (χ1v) is 8.67. The van der Waals surface area contributed by atoms with Crippen molar-refractivity contribution in [3.63, 3.8) is 0 Å². The Morgan fingerprint density at radius 1 is 1.35 bits per heavy atom. The minimum atomic E-state index is -0.423. The number of thiazole rings is 1. The molecular weight excluding hydrogens is 453 g/mol. The maximum Gasteiger partial charge on any atom is 0.350 e. The van der Waals surface area contributed by atoms with Crippen LogP contribution in [0.15, 0.2) is 18.2 Å². The minimum Gasteiger partial charge on any atom is -0.465 e. The molecule has 0 aliphatic heterocycles. The Hall–Kier alpha value is -0.140. The molecule has 0 N–H and O–H groups in total. The van der Waals surface area contributed by atoms with Gasteiger partial charge in [0.05, 0.1) is 22.8 Å². The van der Waals surface area contributed by atoms with Gasteiger partial charge in [0.25, 0.3) is 0 Å². The van der Waals surface area contributed by atoms with Gasteiger partial charge in [-0.05, 0) is 12.1 Å². The summed E-state index contributed by atoms with van der Waals surface area (Å²) in [5.41, 5.74) is 1.37. The molecule has 0 unspecified atom stereocenters. The Kier molecular flexibility index (Phi) is 5.48. The summed E-state index contributed by atoms with van der Waals surface area (Å²) in [6, 6.07) is 5.21. The van der Waals surface area contributed by atoms with Crippen LogP contribution in [0.5, 0.6) is 0 Å². The molecule has 3 nitrogen and oxygen atoms in total. The van der Waals surface area contributed by atoms with Crippen LogP contribution in [0.2, 0.25) is 10.0 Å². The molecule has 0 aliphatic rings. The Morgan fingerprint density at radius 3 is 2.60 bits per heavy atom. The lowest BCUT2D eigenvalue weighted by atomic mass is 10.2. The Morgan fingerprint density at radius 2 is 2.05 bits per heavy atom. The van der Waals surface area contributed by atoms with E-state index >= 15 is 0 Å². The summed E-state index contributed by atoms with van der Waals surface area (Å²) in [5.74, 6) is -0.423. The first kappa shape index (κ1) is 16.2. The molecule has 0 aliphatic carbocycles. The van der Waals surface area contributed by atoms with Gasteiger partial charge in [0, 0.05) is 5.56 Å². The standard InChI is InChI=1S/C12H7Br2Cl2NO2S/c1-19-12(18)9-8(10(13)14)17-11(20-9)5-2-3-6(15)7(16)4-5/h2-4,10H,1H3. The summed E-state index contributed by atoms with van der Waals surface area (Å²) in [6.07, 6.45) is 0. The molecule has 2 rings (SSSR count). The zero-order valence-electron chi connectivity index (χ0n) is 9.99. The van der Waals surface area contributed by atoms with Gasteiger partial charge in [-0.1, -0.05) is 61.1 Å². The molecule has 0 bridgehead atoms. The number of hydrogen-bond acceptors (Lipinski definition) is 4. The van der Waals surface area contributed by atoms with E-state index in [0.29, 0.717) is 25.6 Å². The van der Waals surface area contributed by atoms with Crippen LogP contribution >= 0.6 is 66.4 Å². The predicted molar refractivity (Wildman–Crippen MR) is 89.5 cm³/mol. The molecule has 1 aromatic carbocycles. The van der Waals surface area contributed by atoms with Crippen molar-refractivity contribution in [2.45, 2.75) is 3.74 Å². The number of benzene rings is 1. The molecule has 1 aromatic heterocycles. The molecule has 20 heavy (non-hydrogen) atoms. The van der Waals surface area contributed by atoms with Crippen molar-refractivity contribution in [2.75, 3.05) is 7.11 Å². The lowest BCUT2D eigenvalue weighted by molar-refractivity contribution is 0.0605. The summed E-state index contributed by atoms with van der Waals surface area (Å²) in [6.45, 7) is 0. The highest BCUT2D eigenvalue weighted by Gasteiger charge is 2.23. The van der Waals surface area contributed by atoms with E-state index in [1.165, 1.54) is 18.4 Å². The summed E-state index contributed by atoms with van der Waals surface area (Å²) in [4.78, 5) is 16.6. The molecule has 0 amide bonds. The fourth-order valence-electron chi connectivity index (χ4n) is 1.47. The van der Waals surface area contributed by atoms with E-state index in [2.05, 4.69) is 36.8 Å². The van der Waals surface area contributed by atoms with Gasteiger partial charge in [0.2, 0.25) is 0 Å². The van der Waals surface area contributed by atoms with Crippen LogP contribution in [-0.2, 0) is 4.74 Å². The third-order valence-corrected chi connectivity index (χ3v) is 5.10. The fourth-order valence-corrected chi connectivity index (χ4v) is 3.75. The molecule has 0 radical (unpaired) electrons. The second-order valence-electron chi connectivity index (χ2n) is 3.65. The number of rotatable bonds is 3. The van der Waals surface area contributed by atoms with E-state index < -0.39 is 5.97 Å². The molecule has 0 fully saturated rings. The highest BCUT2D eigenvalue weighted by atomic mass is 79.9. The van der Waals surface area contributed by atoms with Crippen LogP contribution in [0.1, 0.15) is 19.1 Å². The first-order valence-electron chi connectivity index (χ1n) is 5.26. The number of alkyl halides is 2. The predicted octanol–water partition coefficient (Wildman–Crippen LogP) is 5.69. The van der Waals surface area contributed by atoms with Crippen LogP contribution in [0, 0.1) is 0 Å². The monoisotopic (exact) mass is 457 g/mol. The van der Waals surface area contributed by atoms with E-state index in [-0.39, 0.29) is 3.74 Å². The van der Waals surface area contributed by atoms with E-state index in [0.717, 1.165) is 5.56 Å². The highest BCUT2D eigenvalue weighted by Crippen LogP contribution is 2.38. The average Bonchev–Trinajstić information content (AvgIpc) is 2.86. The van der Waals surface area contributed by atoms with Crippen LogP contribution in [0.3, 0.4) is 0 Å². The molecular formula is C12H7Br2Cl2NO2S. The Balaban J connectivity index is 2.52. The number of esters is 1. The lowest BCUT2D eigenvalue weighted by Crippen LogP contribution is -2.02. The van der Waals surface area contributed by atoms with E-state index in [4.69, 9.17) is 27.9 Å². The van der Waals surface area contributed by atoms with Crippen molar-refractivity contribution >= 4 is 72.4 Å². The average molecular weight is 460 g/mol. The molecule has 0 saturated carbocycles. The number of carbonyl (C=O) groups excluding carboxylic acids is 1. The maximum absolute atomic E-state index is 11.8. The van der Waals surface area contributed by atoms with E-state index in [9.17, 15) is 4.79 Å². The van der Waals surface area contributed by atoms with E-state index in [1.54, 1.807) is 18.2 Å². The number of methoxy groups -OCH3 is 1. The summed E-state index contributed by atoms with van der Waals surface area (Å²) in [7, 11) is 1.34. The quantitative estimate of drug-likeness (QED) is 0.437. The number of carbonyl (C=O) groups is 1. The van der Waals surface area contributed by atoms with Crippen molar-refractivity contribution < 1.29 is 9.53 Å². The van der Waals surface area contributed by atoms with Crippen molar-refractivity contribution in [1.82, 2.24) is 4.98 Å². The van der Waals surface area contributed by atoms with Crippen molar-refractivity contribution in [3.05, 3.63) is 38.8 Å². The first-order chi connectivity index (χ1) is 9.43. The van der Waals surface area contributed by atoms with Gasteiger partial charge in [-0.25, -0.2) is 9.78 Å². The van der Waals surface area contributed by atoms with Crippen LogP contribution in [0.25, 0.3) is 10.6 Å². The van der Waals surface area contributed by atoms with E-state index in [1.807, 2.05) is 0 Å². The van der Waals surface area contributed by atoms with Gasteiger partial charge in [0.15, 0.2) is 0 Å². The largest absolute Gasteiger partial charge is 0.465 e. The van der Waals surface area contributed by atoms with Crippen LogP contribution in [-0.4, -0.2) is 18.1 Å². The molecule has 0 saturated heterocycles. The summed E-state index contributed by atoms with van der Waals surface area (Å²) >= 11 is 19.8. The summed E-state index contributed by atoms with van der Waals surface area (Å²) in [5, 5.41) is 1.58. The topological polar surface area (TPSA) is 39.2 Å². The third-order valence-electron chi connectivity index (χ3n) is 2.40. The fraction of sp³-hybridized carbons (Fsp3) is 0.167. The van der Waals surface area contributed by atoms with Crippen molar-refractivity contribution in [2.24, 2.45) is 0 Å². The van der Waals surface area contributed by atoms with Crippen LogP contribution < -0.4 is 0 Å². The molecule has 2 aromatic rings. The van der Waals surface area contributed by atoms with Crippen LogP contribution in [0.4, 0.5) is 0 Å². The molecule has 0 spiro atoms. The number of aromatic nitrogens is 1. The van der Waals surface area contributed by atoms with Crippen molar-refractivity contribution in [1.29, 1.82) is 0 Å². The molecule has 0 atom stereocenters. The zero-order valence-corrected chi connectivity index (χ0v) is 15.5. The zero-order chi connectivity index (χ0) is 14.9. The number of nitrogens with zero attached hydrogens (tertiary/aromatic N) is 1. The molecule has 8 heteroatoms. The number of hydrogen-bond donors (Lipinski definition) is 0.